The number of nitrogens with zero attached hydrogens (tertiary/aromatic N) is 1. The predicted molar refractivity (Wildman–Crippen MR) is 125 cm³/mol. The van der Waals surface area contributed by atoms with E-state index in [2.05, 4.69) is 22.8 Å². The van der Waals surface area contributed by atoms with Crippen molar-refractivity contribution in [2.24, 2.45) is 11.0 Å². The minimum Gasteiger partial charge on any atom is -0.326 e. The molecule has 30 heavy (non-hydrogen) atoms. The van der Waals surface area contributed by atoms with Crippen molar-refractivity contribution in [1.82, 2.24) is 5.43 Å². The molecule has 1 aliphatic rings. The summed E-state index contributed by atoms with van der Waals surface area (Å²) in [6, 6.07) is 7.65. The average molecular weight is 414 g/mol. The standard InChI is InChI=1S/C25H39N3O2/c1-3-4-5-6-7-8-12-15-24(29)28-27-20(2)21-16-18-23(19-17-21)26-25(30)22-13-10-9-11-14-22/h16-19,22H,3-15H2,1-2H3,(H,26,30)(H,28,29)/b27-20-. The number of carbonyl (C=O) groups is 2. The number of benzene rings is 1. The van der Waals surface area contributed by atoms with Gasteiger partial charge < -0.3 is 5.32 Å². The Morgan fingerprint density at radius 2 is 1.57 bits per heavy atom. The number of rotatable bonds is 12. The van der Waals surface area contributed by atoms with Crippen LogP contribution in [0, 0.1) is 5.92 Å². The number of nitrogens with one attached hydrogen (secondary N) is 2. The largest absolute Gasteiger partial charge is 0.326 e. The molecule has 166 valence electrons. The van der Waals surface area contributed by atoms with Crippen LogP contribution in [-0.4, -0.2) is 17.5 Å². The lowest BCUT2D eigenvalue weighted by Gasteiger charge is -2.20. The molecule has 0 heterocycles. The lowest BCUT2D eigenvalue weighted by Crippen LogP contribution is -2.24. The maximum atomic E-state index is 12.4. The van der Waals surface area contributed by atoms with Crippen LogP contribution < -0.4 is 10.7 Å². The zero-order valence-electron chi connectivity index (χ0n) is 18.8. The van der Waals surface area contributed by atoms with Crippen LogP contribution in [0.15, 0.2) is 29.4 Å². The van der Waals surface area contributed by atoms with Gasteiger partial charge in [-0.25, -0.2) is 5.43 Å². The summed E-state index contributed by atoms with van der Waals surface area (Å²) in [7, 11) is 0. The molecule has 2 N–H and O–H groups in total. The summed E-state index contributed by atoms with van der Waals surface area (Å²) in [6.07, 6.45) is 14.4. The van der Waals surface area contributed by atoms with Gasteiger partial charge in [0.15, 0.2) is 0 Å². The molecule has 1 aliphatic carbocycles. The second kappa shape index (κ2) is 13.9. The number of hydrogen-bond donors (Lipinski definition) is 2. The predicted octanol–water partition coefficient (Wildman–Crippen LogP) is 6.19. The van der Waals surface area contributed by atoms with Crippen LogP contribution >= 0.6 is 0 Å². The van der Waals surface area contributed by atoms with E-state index in [0.29, 0.717) is 6.42 Å². The summed E-state index contributed by atoms with van der Waals surface area (Å²) in [6.45, 7) is 4.10. The monoisotopic (exact) mass is 413 g/mol. The zero-order valence-corrected chi connectivity index (χ0v) is 18.8. The first-order chi connectivity index (χ1) is 14.6. The van der Waals surface area contributed by atoms with Crippen molar-refractivity contribution in [1.29, 1.82) is 0 Å². The second-order valence-electron chi connectivity index (χ2n) is 8.51. The van der Waals surface area contributed by atoms with Crippen LogP contribution in [0.25, 0.3) is 0 Å². The Morgan fingerprint density at radius 1 is 0.933 bits per heavy atom. The minimum absolute atomic E-state index is 0.0285. The van der Waals surface area contributed by atoms with Crippen molar-refractivity contribution in [3.63, 3.8) is 0 Å². The summed E-state index contributed by atoms with van der Waals surface area (Å²) in [4.78, 5) is 24.3. The molecule has 0 spiro atoms. The van der Waals surface area contributed by atoms with Gasteiger partial charge in [0.25, 0.3) is 0 Å². The van der Waals surface area contributed by atoms with Crippen LogP contribution in [0.5, 0.6) is 0 Å². The van der Waals surface area contributed by atoms with Gasteiger partial charge in [0.2, 0.25) is 11.8 Å². The molecule has 2 amide bonds. The molecule has 0 bridgehead atoms. The normalized spacial score (nSPS) is 15.1. The molecule has 0 saturated heterocycles. The van der Waals surface area contributed by atoms with Crippen molar-refractivity contribution < 1.29 is 9.59 Å². The van der Waals surface area contributed by atoms with E-state index in [0.717, 1.165) is 55.5 Å². The first kappa shape index (κ1) is 24.1. The van der Waals surface area contributed by atoms with Crippen LogP contribution in [-0.2, 0) is 9.59 Å². The van der Waals surface area contributed by atoms with E-state index in [-0.39, 0.29) is 17.7 Å². The van der Waals surface area contributed by atoms with E-state index in [1.165, 1.54) is 38.5 Å². The van der Waals surface area contributed by atoms with E-state index in [1.807, 2.05) is 31.2 Å². The number of anilines is 1. The third kappa shape index (κ3) is 9.10. The highest BCUT2D eigenvalue weighted by Crippen LogP contribution is 2.25. The SMILES string of the molecule is CCCCCCCCCC(=O)N/N=C(/C)c1ccc(NC(=O)C2CCCCC2)cc1. The molecule has 0 aromatic heterocycles. The number of carbonyl (C=O) groups excluding carboxylic acids is 2. The van der Waals surface area contributed by atoms with Gasteiger partial charge in [-0.3, -0.25) is 9.59 Å². The number of hydrazone groups is 1. The second-order valence-corrected chi connectivity index (χ2v) is 8.51. The molecule has 1 saturated carbocycles. The Hall–Kier alpha value is -2.17. The highest BCUT2D eigenvalue weighted by molar-refractivity contribution is 6.00. The molecule has 0 aliphatic heterocycles. The minimum atomic E-state index is -0.0285. The van der Waals surface area contributed by atoms with E-state index in [9.17, 15) is 9.59 Å². The molecule has 5 nitrogen and oxygen atoms in total. The number of hydrogen-bond acceptors (Lipinski definition) is 3. The highest BCUT2D eigenvalue weighted by Gasteiger charge is 2.20. The van der Waals surface area contributed by atoms with Crippen LogP contribution in [0.3, 0.4) is 0 Å². The molecule has 0 radical (unpaired) electrons. The molecule has 5 heteroatoms. The molecule has 1 aromatic rings. The Kier molecular flexibility index (Phi) is 11.2. The lowest BCUT2D eigenvalue weighted by atomic mass is 9.88. The van der Waals surface area contributed by atoms with Crippen LogP contribution in [0.2, 0.25) is 0 Å². The summed E-state index contributed by atoms with van der Waals surface area (Å²) in [5.41, 5.74) is 5.16. The van der Waals surface area contributed by atoms with E-state index in [4.69, 9.17) is 0 Å². The maximum Gasteiger partial charge on any atom is 0.240 e. The Bertz CT molecular complexity index is 676. The summed E-state index contributed by atoms with van der Waals surface area (Å²) < 4.78 is 0. The fraction of sp³-hybridized carbons (Fsp3) is 0.640. The number of unbranched alkanes of at least 4 members (excludes halogenated alkanes) is 6. The van der Waals surface area contributed by atoms with Gasteiger partial charge >= 0.3 is 0 Å². The molecule has 2 rings (SSSR count). The Morgan fingerprint density at radius 3 is 2.23 bits per heavy atom. The van der Waals surface area contributed by atoms with Gasteiger partial charge in [-0.2, -0.15) is 5.10 Å². The summed E-state index contributed by atoms with van der Waals surface area (Å²) in [5, 5.41) is 7.25. The smallest absolute Gasteiger partial charge is 0.240 e. The van der Waals surface area contributed by atoms with Gasteiger partial charge in [-0.1, -0.05) is 76.8 Å². The van der Waals surface area contributed by atoms with Crippen molar-refractivity contribution in [2.75, 3.05) is 5.32 Å². The van der Waals surface area contributed by atoms with Gasteiger partial charge in [-0.15, -0.1) is 0 Å². The lowest BCUT2D eigenvalue weighted by molar-refractivity contribution is -0.121. The zero-order chi connectivity index (χ0) is 21.6. The third-order valence-corrected chi connectivity index (χ3v) is 5.90. The first-order valence-corrected chi connectivity index (χ1v) is 11.8. The van der Waals surface area contributed by atoms with Crippen LogP contribution in [0.4, 0.5) is 5.69 Å². The fourth-order valence-corrected chi connectivity index (χ4v) is 3.91. The van der Waals surface area contributed by atoms with E-state index < -0.39 is 0 Å². The molecule has 1 fully saturated rings. The van der Waals surface area contributed by atoms with Gasteiger partial charge in [0.1, 0.15) is 0 Å². The topological polar surface area (TPSA) is 70.6 Å². The van der Waals surface area contributed by atoms with Gasteiger partial charge in [0.05, 0.1) is 5.71 Å². The maximum absolute atomic E-state index is 12.4. The average Bonchev–Trinajstić information content (AvgIpc) is 2.78. The molecule has 0 atom stereocenters. The van der Waals surface area contributed by atoms with Crippen molar-refractivity contribution in [3.05, 3.63) is 29.8 Å². The summed E-state index contributed by atoms with van der Waals surface area (Å²) >= 11 is 0. The Balaban J connectivity index is 1.70. The first-order valence-electron chi connectivity index (χ1n) is 11.8. The quantitative estimate of drug-likeness (QED) is 0.244. The van der Waals surface area contributed by atoms with Crippen LogP contribution in [0.1, 0.15) is 103 Å². The van der Waals surface area contributed by atoms with Gasteiger partial charge in [0, 0.05) is 18.0 Å². The molecular weight excluding hydrogens is 374 g/mol. The fourth-order valence-electron chi connectivity index (χ4n) is 3.91. The highest BCUT2D eigenvalue weighted by atomic mass is 16.2. The molecule has 1 aromatic carbocycles. The van der Waals surface area contributed by atoms with E-state index in [1.54, 1.807) is 0 Å². The van der Waals surface area contributed by atoms with Gasteiger partial charge in [-0.05, 0) is 43.9 Å². The van der Waals surface area contributed by atoms with Crippen molar-refractivity contribution in [3.8, 4) is 0 Å². The van der Waals surface area contributed by atoms with Crippen molar-refractivity contribution >= 4 is 23.2 Å². The Labute approximate surface area is 182 Å². The van der Waals surface area contributed by atoms with Crippen molar-refractivity contribution in [2.45, 2.75) is 97.3 Å². The molecular formula is C25H39N3O2. The number of amides is 2. The summed E-state index contributed by atoms with van der Waals surface area (Å²) in [5.74, 6) is 0.248. The van der Waals surface area contributed by atoms with E-state index >= 15 is 0 Å². The molecule has 0 unspecified atom stereocenters. The third-order valence-electron chi connectivity index (χ3n) is 5.90.